The molecule has 1 aromatic heterocycles. The molecule has 8 heteroatoms. The van der Waals surface area contributed by atoms with Gasteiger partial charge in [0.25, 0.3) is 5.56 Å². The third-order valence-electron chi connectivity index (χ3n) is 5.47. The van der Waals surface area contributed by atoms with Crippen LogP contribution in [0.1, 0.15) is 23.2 Å². The van der Waals surface area contributed by atoms with E-state index in [1.165, 1.54) is 11.1 Å². The average molecular weight is 404 g/mol. The fourth-order valence-corrected chi connectivity index (χ4v) is 3.79. The zero-order valence-electron chi connectivity index (χ0n) is 16.3. The summed E-state index contributed by atoms with van der Waals surface area (Å²) in [6.07, 6.45) is 1.33. The Morgan fingerprint density at radius 1 is 1.07 bits per heavy atom. The van der Waals surface area contributed by atoms with Gasteiger partial charge in [0, 0.05) is 31.5 Å². The molecular weight excluding hydrogens is 384 g/mol. The summed E-state index contributed by atoms with van der Waals surface area (Å²) in [4.78, 5) is 29.7. The molecular formula is C22H20N4O4. The van der Waals surface area contributed by atoms with Gasteiger partial charge in [-0.2, -0.15) is 0 Å². The number of carbonyl (C=O) groups is 1. The van der Waals surface area contributed by atoms with Crippen LogP contribution in [0.3, 0.4) is 0 Å². The Hall–Kier alpha value is -3.68. The summed E-state index contributed by atoms with van der Waals surface area (Å²) in [6, 6.07) is 13.5. The van der Waals surface area contributed by atoms with Crippen LogP contribution in [0.4, 0.5) is 0 Å². The maximum atomic E-state index is 12.6. The Morgan fingerprint density at radius 2 is 1.90 bits per heavy atom. The van der Waals surface area contributed by atoms with Crippen LogP contribution < -0.4 is 15.0 Å². The summed E-state index contributed by atoms with van der Waals surface area (Å²) in [5.74, 6) is 1.63. The molecule has 30 heavy (non-hydrogen) atoms. The van der Waals surface area contributed by atoms with E-state index in [4.69, 9.17) is 9.47 Å². The molecule has 0 radical (unpaired) electrons. The number of rotatable bonds is 4. The van der Waals surface area contributed by atoms with E-state index in [1.807, 2.05) is 17.0 Å². The van der Waals surface area contributed by atoms with Crippen LogP contribution in [-0.4, -0.2) is 39.3 Å². The smallest absolute Gasteiger partial charge is 0.273 e. The fraction of sp³-hybridized carbons (Fsp3) is 0.273. The van der Waals surface area contributed by atoms with E-state index >= 15 is 0 Å². The Bertz CT molecular complexity index is 1170. The fourth-order valence-electron chi connectivity index (χ4n) is 3.79. The molecule has 0 bridgehead atoms. The van der Waals surface area contributed by atoms with Crippen molar-refractivity contribution in [3.05, 3.63) is 69.6 Å². The van der Waals surface area contributed by atoms with E-state index < -0.39 is 0 Å². The zero-order chi connectivity index (χ0) is 20.5. The highest BCUT2D eigenvalue weighted by Gasteiger charge is 2.21. The number of fused-ring (bicyclic) bond motifs is 2. The lowest BCUT2D eigenvalue weighted by Crippen LogP contribution is -2.36. The number of amides is 1. The van der Waals surface area contributed by atoms with Crippen molar-refractivity contribution in [2.75, 3.05) is 13.3 Å². The van der Waals surface area contributed by atoms with Gasteiger partial charge in [0.2, 0.25) is 12.7 Å². The lowest BCUT2D eigenvalue weighted by atomic mass is 9.99. The average Bonchev–Trinajstić information content (AvgIpc) is 3.25. The number of nitrogens with zero attached hydrogens (tertiary/aromatic N) is 3. The molecule has 8 nitrogen and oxygen atoms in total. The summed E-state index contributed by atoms with van der Waals surface area (Å²) < 4.78 is 10.6. The predicted octanol–water partition coefficient (Wildman–Crippen LogP) is 2.08. The van der Waals surface area contributed by atoms with Crippen LogP contribution in [0.15, 0.2) is 47.3 Å². The van der Waals surface area contributed by atoms with Crippen molar-refractivity contribution < 1.29 is 14.3 Å². The summed E-state index contributed by atoms with van der Waals surface area (Å²) in [5, 5.41) is 8.19. The van der Waals surface area contributed by atoms with Gasteiger partial charge in [0.1, 0.15) is 5.69 Å². The molecule has 0 saturated carbocycles. The first-order chi connectivity index (χ1) is 14.7. The van der Waals surface area contributed by atoms with E-state index in [2.05, 4.69) is 27.3 Å². The largest absolute Gasteiger partial charge is 0.454 e. The SMILES string of the molecule is O=C(CCc1nnc(-c2ccc3c(c2)OCO3)[nH]c1=O)N1CCc2ccccc2C1. The second-order valence-corrected chi connectivity index (χ2v) is 7.35. The molecule has 0 atom stereocenters. The molecule has 3 aromatic rings. The van der Waals surface area contributed by atoms with Crippen LogP contribution in [0, 0.1) is 0 Å². The number of ether oxygens (including phenoxy) is 2. The van der Waals surface area contributed by atoms with E-state index in [-0.39, 0.29) is 36.8 Å². The lowest BCUT2D eigenvalue weighted by Gasteiger charge is -2.28. The van der Waals surface area contributed by atoms with Gasteiger partial charge in [-0.1, -0.05) is 24.3 Å². The maximum absolute atomic E-state index is 12.6. The van der Waals surface area contributed by atoms with Gasteiger partial charge < -0.3 is 19.4 Å². The molecule has 3 heterocycles. The number of aromatic nitrogens is 3. The molecule has 2 aromatic carbocycles. The molecule has 0 saturated heterocycles. The minimum absolute atomic E-state index is 0.0190. The maximum Gasteiger partial charge on any atom is 0.273 e. The second kappa shape index (κ2) is 7.62. The topological polar surface area (TPSA) is 97.4 Å². The number of hydrogen-bond acceptors (Lipinski definition) is 6. The van der Waals surface area contributed by atoms with Crippen LogP contribution in [-0.2, 0) is 24.2 Å². The van der Waals surface area contributed by atoms with Crippen molar-refractivity contribution in [3.8, 4) is 22.9 Å². The van der Waals surface area contributed by atoms with E-state index in [1.54, 1.807) is 18.2 Å². The number of carbonyl (C=O) groups excluding carboxylic acids is 1. The van der Waals surface area contributed by atoms with Crippen molar-refractivity contribution in [1.29, 1.82) is 0 Å². The quantitative estimate of drug-likeness (QED) is 0.715. The molecule has 1 amide bonds. The molecule has 0 aliphatic carbocycles. The first kappa shape index (κ1) is 18.4. The summed E-state index contributed by atoms with van der Waals surface area (Å²) in [7, 11) is 0. The number of H-pyrrole nitrogens is 1. The zero-order valence-corrected chi connectivity index (χ0v) is 16.3. The summed E-state index contributed by atoms with van der Waals surface area (Å²) >= 11 is 0. The van der Waals surface area contributed by atoms with Crippen molar-refractivity contribution >= 4 is 5.91 Å². The van der Waals surface area contributed by atoms with Gasteiger partial charge in [-0.15, -0.1) is 10.2 Å². The van der Waals surface area contributed by atoms with Gasteiger partial charge in [0.05, 0.1) is 0 Å². The Labute approximate surface area is 172 Å². The van der Waals surface area contributed by atoms with E-state index in [0.29, 0.717) is 36.0 Å². The lowest BCUT2D eigenvalue weighted by molar-refractivity contribution is -0.132. The number of hydrogen-bond donors (Lipinski definition) is 1. The first-order valence-electron chi connectivity index (χ1n) is 9.88. The normalized spacial score (nSPS) is 14.5. The Balaban J connectivity index is 1.25. The standard InChI is InChI=1S/C22H20N4O4/c27-20(26-10-9-14-3-1-2-4-16(14)12-26)8-6-17-22(28)23-21(25-24-17)15-5-7-18-19(11-15)30-13-29-18/h1-5,7,11H,6,8-10,12-13H2,(H,23,25,28). The number of nitrogens with one attached hydrogen (secondary N) is 1. The van der Waals surface area contributed by atoms with Gasteiger partial charge in [0.15, 0.2) is 17.3 Å². The van der Waals surface area contributed by atoms with Crippen molar-refractivity contribution in [1.82, 2.24) is 20.1 Å². The molecule has 2 aliphatic heterocycles. The molecule has 0 spiro atoms. The van der Waals surface area contributed by atoms with Gasteiger partial charge >= 0.3 is 0 Å². The van der Waals surface area contributed by atoms with Crippen LogP contribution >= 0.6 is 0 Å². The van der Waals surface area contributed by atoms with E-state index in [0.717, 1.165) is 6.42 Å². The summed E-state index contributed by atoms with van der Waals surface area (Å²) in [6.45, 7) is 1.48. The predicted molar refractivity (Wildman–Crippen MR) is 108 cm³/mol. The first-order valence-corrected chi connectivity index (χ1v) is 9.88. The van der Waals surface area contributed by atoms with E-state index in [9.17, 15) is 9.59 Å². The van der Waals surface area contributed by atoms with Gasteiger partial charge in [-0.25, -0.2) is 0 Å². The van der Waals surface area contributed by atoms with Crippen LogP contribution in [0.5, 0.6) is 11.5 Å². The minimum Gasteiger partial charge on any atom is -0.454 e. The second-order valence-electron chi connectivity index (χ2n) is 7.35. The highest BCUT2D eigenvalue weighted by Crippen LogP contribution is 2.34. The highest BCUT2D eigenvalue weighted by atomic mass is 16.7. The third-order valence-corrected chi connectivity index (χ3v) is 5.47. The highest BCUT2D eigenvalue weighted by molar-refractivity contribution is 5.76. The monoisotopic (exact) mass is 404 g/mol. The molecule has 0 unspecified atom stereocenters. The van der Waals surface area contributed by atoms with Crippen LogP contribution in [0.25, 0.3) is 11.4 Å². The number of benzene rings is 2. The van der Waals surface area contributed by atoms with Crippen molar-refractivity contribution in [3.63, 3.8) is 0 Å². The summed E-state index contributed by atoms with van der Waals surface area (Å²) in [5.41, 5.74) is 3.07. The van der Waals surface area contributed by atoms with Gasteiger partial charge in [-0.3, -0.25) is 9.59 Å². The Kier molecular flexibility index (Phi) is 4.66. The number of aryl methyl sites for hydroxylation is 1. The number of aromatic amines is 1. The Morgan fingerprint density at radius 3 is 2.77 bits per heavy atom. The molecule has 2 aliphatic rings. The third kappa shape index (κ3) is 3.52. The molecule has 152 valence electrons. The molecule has 1 N–H and O–H groups in total. The van der Waals surface area contributed by atoms with Crippen LogP contribution in [0.2, 0.25) is 0 Å². The van der Waals surface area contributed by atoms with Crippen molar-refractivity contribution in [2.45, 2.75) is 25.8 Å². The molecule has 5 rings (SSSR count). The van der Waals surface area contributed by atoms with Crippen molar-refractivity contribution in [2.24, 2.45) is 0 Å². The molecule has 0 fully saturated rings. The minimum atomic E-state index is -0.338. The van der Waals surface area contributed by atoms with Gasteiger partial charge in [-0.05, 0) is 35.7 Å².